The smallest absolute Gasteiger partial charge is 0.272 e. The first-order valence-electron chi connectivity index (χ1n) is 9.43. The van der Waals surface area contributed by atoms with Crippen LogP contribution in [0.2, 0.25) is 0 Å². The van der Waals surface area contributed by atoms with Gasteiger partial charge in [-0.25, -0.2) is 9.97 Å². The predicted molar refractivity (Wildman–Crippen MR) is 108 cm³/mol. The van der Waals surface area contributed by atoms with E-state index in [2.05, 4.69) is 15.3 Å². The molecule has 1 aromatic heterocycles. The van der Waals surface area contributed by atoms with Gasteiger partial charge in [0.25, 0.3) is 5.91 Å². The van der Waals surface area contributed by atoms with E-state index in [-0.39, 0.29) is 5.91 Å². The maximum absolute atomic E-state index is 12.7. The van der Waals surface area contributed by atoms with Crippen LogP contribution in [0.5, 0.6) is 11.5 Å². The Morgan fingerprint density at radius 3 is 2.50 bits per heavy atom. The van der Waals surface area contributed by atoms with Crippen molar-refractivity contribution < 1.29 is 9.53 Å². The summed E-state index contributed by atoms with van der Waals surface area (Å²) in [5, 5.41) is 3.20. The molecule has 0 unspecified atom stereocenters. The molecule has 1 fully saturated rings. The Morgan fingerprint density at radius 2 is 1.71 bits per heavy atom. The molecule has 1 aliphatic rings. The standard InChI is InChI=1S/C22H22N4O2/c1-16-15-19(21(27)26-13-7-8-14-26)25-22(23-16)24-18-11-5-6-12-20(18)28-17-9-3-2-4-10-17/h2-6,9-12,15H,7-8,13-14H2,1H3,(H,23,24,25). The Morgan fingerprint density at radius 1 is 1.00 bits per heavy atom. The third-order valence-electron chi connectivity index (χ3n) is 4.57. The number of hydrogen-bond donors (Lipinski definition) is 1. The van der Waals surface area contributed by atoms with Crippen LogP contribution >= 0.6 is 0 Å². The minimum atomic E-state index is -0.0418. The van der Waals surface area contributed by atoms with Crippen molar-refractivity contribution in [2.24, 2.45) is 0 Å². The van der Waals surface area contributed by atoms with E-state index >= 15 is 0 Å². The zero-order chi connectivity index (χ0) is 19.3. The van der Waals surface area contributed by atoms with Crippen LogP contribution < -0.4 is 10.1 Å². The molecule has 0 spiro atoms. The number of amides is 1. The van der Waals surface area contributed by atoms with Crippen molar-refractivity contribution in [3.8, 4) is 11.5 Å². The Kier molecular flexibility index (Phi) is 5.19. The van der Waals surface area contributed by atoms with Crippen molar-refractivity contribution in [3.05, 3.63) is 72.1 Å². The maximum Gasteiger partial charge on any atom is 0.272 e. The molecule has 0 saturated carbocycles. The van der Waals surface area contributed by atoms with Crippen LogP contribution in [0, 0.1) is 6.92 Å². The van der Waals surface area contributed by atoms with Gasteiger partial charge < -0.3 is 15.0 Å². The van der Waals surface area contributed by atoms with Crippen LogP contribution in [0.3, 0.4) is 0 Å². The van der Waals surface area contributed by atoms with Gasteiger partial charge in [0.1, 0.15) is 11.4 Å². The topological polar surface area (TPSA) is 67.4 Å². The minimum absolute atomic E-state index is 0.0418. The molecular weight excluding hydrogens is 352 g/mol. The molecule has 1 amide bonds. The summed E-state index contributed by atoms with van der Waals surface area (Å²) >= 11 is 0. The predicted octanol–water partition coefficient (Wildman–Crippen LogP) is 4.56. The first-order chi connectivity index (χ1) is 13.7. The summed E-state index contributed by atoms with van der Waals surface area (Å²) in [6, 6.07) is 18.9. The van der Waals surface area contributed by atoms with Gasteiger partial charge in [0.05, 0.1) is 5.69 Å². The first kappa shape index (κ1) is 18.0. The summed E-state index contributed by atoms with van der Waals surface area (Å²) in [5.41, 5.74) is 1.89. The number of aromatic nitrogens is 2. The molecule has 0 atom stereocenters. The zero-order valence-corrected chi connectivity index (χ0v) is 15.8. The van der Waals surface area contributed by atoms with Crippen LogP contribution in [0.1, 0.15) is 29.0 Å². The molecule has 4 rings (SSSR count). The average Bonchev–Trinajstić information content (AvgIpc) is 3.24. The highest BCUT2D eigenvalue weighted by Gasteiger charge is 2.21. The molecule has 1 aliphatic heterocycles. The first-order valence-corrected chi connectivity index (χ1v) is 9.43. The van der Waals surface area contributed by atoms with E-state index in [9.17, 15) is 4.79 Å². The van der Waals surface area contributed by atoms with Crippen LogP contribution in [0.15, 0.2) is 60.7 Å². The number of carbonyl (C=O) groups is 1. The van der Waals surface area contributed by atoms with E-state index in [1.165, 1.54) is 0 Å². The van der Waals surface area contributed by atoms with E-state index in [1.54, 1.807) is 6.07 Å². The van der Waals surface area contributed by atoms with Gasteiger partial charge in [0.15, 0.2) is 5.75 Å². The van der Waals surface area contributed by atoms with Gasteiger partial charge in [-0.3, -0.25) is 4.79 Å². The fourth-order valence-corrected chi connectivity index (χ4v) is 3.21. The average molecular weight is 374 g/mol. The lowest BCUT2D eigenvalue weighted by Gasteiger charge is -2.16. The van der Waals surface area contributed by atoms with Crippen molar-refractivity contribution in [1.29, 1.82) is 0 Å². The summed E-state index contributed by atoms with van der Waals surface area (Å²) in [7, 11) is 0. The van der Waals surface area contributed by atoms with Crippen LogP contribution in [0.25, 0.3) is 0 Å². The lowest BCUT2D eigenvalue weighted by molar-refractivity contribution is 0.0787. The van der Waals surface area contributed by atoms with E-state index in [1.807, 2.05) is 66.4 Å². The van der Waals surface area contributed by atoms with Crippen molar-refractivity contribution in [2.45, 2.75) is 19.8 Å². The molecule has 3 aromatic rings. The highest BCUT2D eigenvalue weighted by molar-refractivity contribution is 5.93. The molecule has 2 heterocycles. The van der Waals surface area contributed by atoms with Crippen LogP contribution in [-0.4, -0.2) is 33.9 Å². The number of likely N-dealkylation sites (tertiary alicyclic amines) is 1. The molecule has 1 saturated heterocycles. The van der Waals surface area contributed by atoms with E-state index in [0.29, 0.717) is 17.4 Å². The van der Waals surface area contributed by atoms with Crippen molar-refractivity contribution in [1.82, 2.24) is 14.9 Å². The molecule has 0 bridgehead atoms. The molecule has 2 aromatic carbocycles. The number of aryl methyl sites for hydroxylation is 1. The second-order valence-electron chi connectivity index (χ2n) is 6.75. The number of benzene rings is 2. The van der Waals surface area contributed by atoms with Gasteiger partial charge in [-0.15, -0.1) is 0 Å². The number of hydrogen-bond acceptors (Lipinski definition) is 5. The molecular formula is C22H22N4O2. The largest absolute Gasteiger partial charge is 0.455 e. The highest BCUT2D eigenvalue weighted by Crippen LogP contribution is 2.30. The van der Waals surface area contributed by atoms with Crippen LogP contribution in [-0.2, 0) is 0 Å². The number of rotatable bonds is 5. The molecule has 142 valence electrons. The number of nitrogens with one attached hydrogen (secondary N) is 1. The number of anilines is 2. The number of carbonyl (C=O) groups excluding carboxylic acids is 1. The van der Waals surface area contributed by atoms with E-state index in [0.717, 1.165) is 43.1 Å². The molecule has 1 N–H and O–H groups in total. The van der Waals surface area contributed by atoms with Gasteiger partial charge in [0.2, 0.25) is 5.95 Å². The molecule has 0 aliphatic carbocycles. The Bertz CT molecular complexity index is 969. The lowest BCUT2D eigenvalue weighted by Crippen LogP contribution is -2.28. The maximum atomic E-state index is 12.7. The molecule has 28 heavy (non-hydrogen) atoms. The van der Waals surface area contributed by atoms with Gasteiger partial charge >= 0.3 is 0 Å². The van der Waals surface area contributed by atoms with E-state index in [4.69, 9.17) is 4.74 Å². The molecule has 6 heteroatoms. The lowest BCUT2D eigenvalue weighted by atomic mass is 10.2. The summed E-state index contributed by atoms with van der Waals surface area (Å²) in [5.74, 6) is 1.74. The summed E-state index contributed by atoms with van der Waals surface area (Å²) in [4.78, 5) is 23.4. The van der Waals surface area contributed by atoms with E-state index < -0.39 is 0 Å². The number of nitrogens with zero attached hydrogens (tertiary/aromatic N) is 3. The van der Waals surface area contributed by atoms with Crippen molar-refractivity contribution in [2.75, 3.05) is 18.4 Å². The Labute approximate surface area is 164 Å². The normalized spacial score (nSPS) is 13.4. The highest BCUT2D eigenvalue weighted by atomic mass is 16.5. The van der Waals surface area contributed by atoms with Crippen LogP contribution in [0.4, 0.5) is 11.6 Å². The second kappa shape index (κ2) is 8.08. The van der Waals surface area contributed by atoms with Gasteiger partial charge in [-0.1, -0.05) is 30.3 Å². The molecule has 6 nitrogen and oxygen atoms in total. The van der Waals surface area contributed by atoms with Crippen molar-refractivity contribution >= 4 is 17.5 Å². The van der Waals surface area contributed by atoms with Gasteiger partial charge in [0, 0.05) is 18.8 Å². The van der Waals surface area contributed by atoms with Crippen molar-refractivity contribution in [3.63, 3.8) is 0 Å². The fourth-order valence-electron chi connectivity index (χ4n) is 3.21. The minimum Gasteiger partial charge on any atom is -0.455 e. The Balaban J connectivity index is 1.58. The monoisotopic (exact) mass is 374 g/mol. The fraction of sp³-hybridized carbons (Fsp3) is 0.227. The quantitative estimate of drug-likeness (QED) is 0.709. The summed E-state index contributed by atoms with van der Waals surface area (Å²) < 4.78 is 5.98. The number of ether oxygens (including phenoxy) is 1. The summed E-state index contributed by atoms with van der Waals surface area (Å²) in [6.07, 6.45) is 2.09. The summed E-state index contributed by atoms with van der Waals surface area (Å²) in [6.45, 7) is 3.44. The third-order valence-corrected chi connectivity index (χ3v) is 4.57. The number of para-hydroxylation sites is 3. The van der Waals surface area contributed by atoms with Gasteiger partial charge in [-0.05, 0) is 50.1 Å². The molecule has 0 radical (unpaired) electrons. The zero-order valence-electron chi connectivity index (χ0n) is 15.8. The Hall–Kier alpha value is -3.41. The SMILES string of the molecule is Cc1cc(C(=O)N2CCCC2)nc(Nc2ccccc2Oc2ccccc2)n1. The van der Waals surface area contributed by atoms with Gasteiger partial charge in [-0.2, -0.15) is 0 Å². The third kappa shape index (κ3) is 4.11. The second-order valence-corrected chi connectivity index (χ2v) is 6.75.